The smallest absolute Gasteiger partial charge is 0.126 e. The fourth-order valence-electron chi connectivity index (χ4n) is 3.03. The van der Waals surface area contributed by atoms with Crippen LogP contribution in [0.1, 0.15) is 11.1 Å². The molecule has 0 spiro atoms. The van der Waals surface area contributed by atoms with E-state index in [0.29, 0.717) is 6.54 Å². The summed E-state index contributed by atoms with van der Waals surface area (Å²) in [5, 5.41) is 13.6. The lowest BCUT2D eigenvalue weighted by molar-refractivity contribution is 0.404. The van der Waals surface area contributed by atoms with Crippen molar-refractivity contribution in [1.29, 1.82) is 0 Å². The molecule has 4 heteroatoms. The molecule has 3 aromatic rings. The van der Waals surface area contributed by atoms with E-state index in [1.54, 1.807) is 20.3 Å². The van der Waals surface area contributed by atoms with Crippen LogP contribution in [0.4, 0.5) is 0 Å². The van der Waals surface area contributed by atoms with Crippen LogP contribution in [0.15, 0.2) is 66.7 Å². The van der Waals surface area contributed by atoms with Gasteiger partial charge in [-0.05, 0) is 54.4 Å². The lowest BCUT2D eigenvalue weighted by Gasteiger charge is -2.13. The molecule has 0 fully saturated rings. The number of phenols is 1. The van der Waals surface area contributed by atoms with E-state index in [9.17, 15) is 5.11 Å². The Morgan fingerprint density at radius 1 is 0.889 bits per heavy atom. The average Bonchev–Trinajstić information content (AvgIpc) is 2.72. The van der Waals surface area contributed by atoms with Gasteiger partial charge in [-0.25, -0.2) is 0 Å². The monoisotopic (exact) mass is 363 g/mol. The van der Waals surface area contributed by atoms with Crippen molar-refractivity contribution in [1.82, 2.24) is 5.32 Å². The molecule has 3 aromatic carbocycles. The lowest BCUT2D eigenvalue weighted by Crippen LogP contribution is -2.16. The van der Waals surface area contributed by atoms with E-state index in [1.165, 1.54) is 5.56 Å². The maximum Gasteiger partial charge on any atom is 0.126 e. The standard InChI is InChI=1S/C23H25NO3/c1-26-20-9-11-23(27-2)21(15-20)18-8-10-22(25)19(14-18)16-24-13-12-17-6-4-3-5-7-17/h3-11,14-15,24-25H,12-13,16H2,1-2H3. The molecule has 0 saturated heterocycles. The van der Waals surface area contributed by atoms with Crippen molar-refractivity contribution in [3.63, 3.8) is 0 Å². The van der Waals surface area contributed by atoms with Gasteiger partial charge in [-0.1, -0.05) is 36.4 Å². The summed E-state index contributed by atoms with van der Waals surface area (Å²) in [6.45, 7) is 1.44. The van der Waals surface area contributed by atoms with Gasteiger partial charge in [0, 0.05) is 17.7 Å². The quantitative estimate of drug-likeness (QED) is 0.582. The van der Waals surface area contributed by atoms with Crippen LogP contribution in [0.3, 0.4) is 0 Å². The molecule has 0 radical (unpaired) electrons. The molecule has 0 atom stereocenters. The zero-order valence-electron chi connectivity index (χ0n) is 15.7. The maximum atomic E-state index is 10.2. The topological polar surface area (TPSA) is 50.7 Å². The van der Waals surface area contributed by atoms with E-state index in [0.717, 1.165) is 41.2 Å². The molecule has 0 amide bonds. The predicted molar refractivity (Wildman–Crippen MR) is 108 cm³/mol. The normalized spacial score (nSPS) is 10.6. The van der Waals surface area contributed by atoms with Gasteiger partial charge in [0.1, 0.15) is 17.2 Å². The number of ether oxygens (including phenoxy) is 2. The van der Waals surface area contributed by atoms with Gasteiger partial charge < -0.3 is 19.9 Å². The fraction of sp³-hybridized carbons (Fsp3) is 0.217. The SMILES string of the molecule is COc1ccc(OC)c(-c2ccc(O)c(CNCCc3ccccc3)c2)c1. The highest BCUT2D eigenvalue weighted by molar-refractivity contribution is 5.73. The molecule has 0 unspecified atom stereocenters. The Balaban J connectivity index is 1.73. The van der Waals surface area contributed by atoms with Gasteiger partial charge in [-0.2, -0.15) is 0 Å². The summed E-state index contributed by atoms with van der Waals surface area (Å²) in [7, 11) is 3.29. The third-order valence-electron chi connectivity index (χ3n) is 4.55. The van der Waals surface area contributed by atoms with Crippen molar-refractivity contribution in [3.05, 3.63) is 77.9 Å². The molecule has 0 aliphatic heterocycles. The lowest BCUT2D eigenvalue weighted by atomic mass is 10.0. The zero-order chi connectivity index (χ0) is 19.1. The first-order chi connectivity index (χ1) is 13.2. The molecule has 0 aliphatic rings. The molecule has 140 valence electrons. The van der Waals surface area contributed by atoms with Crippen LogP contribution in [0.25, 0.3) is 11.1 Å². The van der Waals surface area contributed by atoms with Gasteiger partial charge in [0.2, 0.25) is 0 Å². The fourth-order valence-corrected chi connectivity index (χ4v) is 3.03. The second kappa shape index (κ2) is 9.10. The highest BCUT2D eigenvalue weighted by atomic mass is 16.5. The van der Waals surface area contributed by atoms with E-state index >= 15 is 0 Å². The first kappa shape index (κ1) is 18.8. The first-order valence-corrected chi connectivity index (χ1v) is 9.00. The van der Waals surface area contributed by atoms with Crippen molar-refractivity contribution in [2.75, 3.05) is 20.8 Å². The summed E-state index contributed by atoms with van der Waals surface area (Å²) in [5.74, 6) is 1.82. The molecule has 27 heavy (non-hydrogen) atoms. The summed E-state index contributed by atoms with van der Waals surface area (Å²) in [6.07, 6.45) is 0.949. The Bertz CT molecular complexity index is 878. The number of phenolic OH excluding ortho intramolecular Hbond substituents is 1. The van der Waals surface area contributed by atoms with Crippen molar-refractivity contribution in [2.24, 2.45) is 0 Å². The van der Waals surface area contributed by atoms with Crippen LogP contribution in [0.2, 0.25) is 0 Å². The average molecular weight is 363 g/mol. The number of methoxy groups -OCH3 is 2. The van der Waals surface area contributed by atoms with Crippen molar-refractivity contribution < 1.29 is 14.6 Å². The minimum atomic E-state index is 0.285. The van der Waals surface area contributed by atoms with Crippen molar-refractivity contribution in [3.8, 4) is 28.4 Å². The largest absolute Gasteiger partial charge is 0.508 e. The zero-order valence-corrected chi connectivity index (χ0v) is 15.7. The summed E-state index contributed by atoms with van der Waals surface area (Å²) in [4.78, 5) is 0. The van der Waals surface area contributed by atoms with E-state index in [2.05, 4.69) is 17.4 Å². The Morgan fingerprint density at radius 2 is 1.70 bits per heavy atom. The number of nitrogens with one attached hydrogen (secondary N) is 1. The van der Waals surface area contributed by atoms with E-state index in [4.69, 9.17) is 9.47 Å². The highest BCUT2D eigenvalue weighted by Gasteiger charge is 2.10. The summed E-state index contributed by atoms with van der Waals surface area (Å²) < 4.78 is 10.8. The highest BCUT2D eigenvalue weighted by Crippen LogP contribution is 2.35. The molecular weight excluding hydrogens is 338 g/mol. The first-order valence-electron chi connectivity index (χ1n) is 9.00. The molecule has 0 aromatic heterocycles. The maximum absolute atomic E-state index is 10.2. The van der Waals surface area contributed by atoms with Crippen molar-refractivity contribution in [2.45, 2.75) is 13.0 Å². The van der Waals surface area contributed by atoms with Crippen LogP contribution in [-0.4, -0.2) is 25.9 Å². The Kier molecular flexibility index (Phi) is 6.34. The third kappa shape index (κ3) is 4.80. The van der Waals surface area contributed by atoms with Gasteiger partial charge in [-0.15, -0.1) is 0 Å². The van der Waals surface area contributed by atoms with Gasteiger partial charge in [0.15, 0.2) is 0 Å². The van der Waals surface area contributed by atoms with Crippen LogP contribution in [-0.2, 0) is 13.0 Å². The minimum Gasteiger partial charge on any atom is -0.508 e. The molecule has 3 rings (SSSR count). The predicted octanol–water partition coefficient (Wildman–Crippen LogP) is 4.41. The number of rotatable bonds is 8. The van der Waals surface area contributed by atoms with Crippen LogP contribution >= 0.6 is 0 Å². The van der Waals surface area contributed by atoms with Gasteiger partial charge in [0.25, 0.3) is 0 Å². The van der Waals surface area contributed by atoms with Crippen molar-refractivity contribution >= 4 is 0 Å². The molecule has 0 aliphatic carbocycles. The Morgan fingerprint density at radius 3 is 2.44 bits per heavy atom. The van der Waals surface area contributed by atoms with E-state index in [1.807, 2.05) is 48.5 Å². The molecule has 0 heterocycles. The molecule has 0 bridgehead atoms. The summed E-state index contributed by atoms with van der Waals surface area (Å²) in [6, 6.07) is 21.7. The van der Waals surface area contributed by atoms with Gasteiger partial charge >= 0.3 is 0 Å². The molecule has 4 nitrogen and oxygen atoms in total. The van der Waals surface area contributed by atoms with E-state index < -0.39 is 0 Å². The summed E-state index contributed by atoms with van der Waals surface area (Å²) in [5.41, 5.74) is 4.06. The number of benzene rings is 3. The van der Waals surface area contributed by atoms with Crippen LogP contribution in [0, 0.1) is 0 Å². The summed E-state index contributed by atoms with van der Waals surface area (Å²) >= 11 is 0. The van der Waals surface area contributed by atoms with Crippen LogP contribution in [0.5, 0.6) is 17.2 Å². The second-order valence-electron chi connectivity index (χ2n) is 6.32. The van der Waals surface area contributed by atoms with Gasteiger partial charge in [-0.3, -0.25) is 0 Å². The third-order valence-corrected chi connectivity index (χ3v) is 4.55. The molecule has 2 N–H and O–H groups in total. The van der Waals surface area contributed by atoms with Gasteiger partial charge in [0.05, 0.1) is 14.2 Å². The number of aromatic hydroxyl groups is 1. The minimum absolute atomic E-state index is 0.285. The number of hydrogen-bond acceptors (Lipinski definition) is 4. The molecular formula is C23H25NO3. The Hall–Kier alpha value is -2.98. The Labute approximate surface area is 160 Å². The molecule has 0 saturated carbocycles. The second-order valence-corrected chi connectivity index (χ2v) is 6.32. The van der Waals surface area contributed by atoms with Crippen LogP contribution < -0.4 is 14.8 Å². The van der Waals surface area contributed by atoms with E-state index in [-0.39, 0.29) is 5.75 Å². The number of hydrogen-bond donors (Lipinski definition) is 2.